The molecule has 1 fully saturated rings. The van der Waals surface area contributed by atoms with E-state index in [1.165, 1.54) is 0 Å². The van der Waals surface area contributed by atoms with Crippen LogP contribution in [-0.2, 0) is 10.0 Å². The highest BCUT2D eigenvalue weighted by Crippen LogP contribution is 2.16. The summed E-state index contributed by atoms with van der Waals surface area (Å²) in [6.07, 6.45) is 3.17. The third-order valence-corrected chi connectivity index (χ3v) is 4.45. The Morgan fingerprint density at radius 1 is 1.31 bits per heavy atom. The lowest BCUT2D eigenvalue weighted by atomic mass is 10.0. The zero-order valence-electron chi connectivity index (χ0n) is 10.5. The van der Waals surface area contributed by atoms with Crippen molar-refractivity contribution in [3.63, 3.8) is 0 Å². The van der Waals surface area contributed by atoms with E-state index in [4.69, 9.17) is 0 Å². The molecule has 5 heteroatoms. The highest BCUT2D eigenvalue weighted by molar-refractivity contribution is 7.89. The van der Waals surface area contributed by atoms with Crippen LogP contribution in [-0.4, -0.2) is 33.3 Å². The summed E-state index contributed by atoms with van der Waals surface area (Å²) in [7, 11) is -3.15. The maximum Gasteiger partial charge on any atom is 0.212 e. The summed E-state index contributed by atoms with van der Waals surface area (Å²) in [5.74, 6) is 0.191. The van der Waals surface area contributed by atoms with Gasteiger partial charge in [-0.3, -0.25) is 0 Å². The van der Waals surface area contributed by atoms with E-state index in [1.807, 2.05) is 20.8 Å². The van der Waals surface area contributed by atoms with Crippen molar-refractivity contribution in [2.75, 3.05) is 18.8 Å². The van der Waals surface area contributed by atoms with Gasteiger partial charge in [0, 0.05) is 12.6 Å². The fourth-order valence-corrected chi connectivity index (χ4v) is 3.92. The van der Waals surface area contributed by atoms with E-state index in [9.17, 15) is 8.42 Å². The molecule has 1 unspecified atom stereocenters. The van der Waals surface area contributed by atoms with Crippen molar-refractivity contribution in [1.29, 1.82) is 0 Å². The molecule has 0 amide bonds. The molecule has 2 N–H and O–H groups in total. The normalized spacial score (nSPS) is 24.1. The van der Waals surface area contributed by atoms with E-state index in [1.54, 1.807) is 0 Å². The molecule has 0 aliphatic carbocycles. The fraction of sp³-hybridized carbons (Fsp3) is 1.00. The maximum absolute atomic E-state index is 11.9. The summed E-state index contributed by atoms with van der Waals surface area (Å²) < 4.78 is 26.6. The Balaban J connectivity index is 2.51. The Morgan fingerprint density at radius 3 is 2.62 bits per heavy atom. The molecule has 0 bridgehead atoms. The van der Waals surface area contributed by atoms with Crippen molar-refractivity contribution in [2.45, 2.75) is 46.1 Å². The lowest BCUT2D eigenvalue weighted by molar-refractivity contribution is 0.450. The largest absolute Gasteiger partial charge is 0.315 e. The van der Waals surface area contributed by atoms with Crippen LogP contribution in [0.15, 0.2) is 0 Å². The molecule has 0 aromatic heterocycles. The molecule has 1 atom stereocenters. The van der Waals surface area contributed by atoms with Gasteiger partial charge in [-0.05, 0) is 24.8 Å². The average Bonchev–Trinajstić information content (AvgIpc) is 2.26. The smallest absolute Gasteiger partial charge is 0.212 e. The molecule has 0 saturated carbocycles. The van der Waals surface area contributed by atoms with Crippen LogP contribution in [0, 0.1) is 5.41 Å². The lowest BCUT2D eigenvalue weighted by Crippen LogP contribution is -2.43. The molecule has 1 rings (SSSR count). The van der Waals surface area contributed by atoms with Crippen LogP contribution in [0.1, 0.15) is 40.0 Å². The Labute approximate surface area is 99.2 Å². The molecule has 1 aliphatic heterocycles. The molecule has 0 aromatic rings. The van der Waals surface area contributed by atoms with Crippen molar-refractivity contribution >= 4 is 10.0 Å². The molecule has 1 aliphatic rings. The third-order valence-electron chi connectivity index (χ3n) is 2.52. The summed E-state index contributed by atoms with van der Waals surface area (Å²) in [6.45, 7) is 7.58. The fourth-order valence-electron chi connectivity index (χ4n) is 1.99. The molecule has 0 radical (unpaired) electrons. The van der Waals surface area contributed by atoms with E-state index in [2.05, 4.69) is 10.0 Å². The summed E-state index contributed by atoms with van der Waals surface area (Å²) in [4.78, 5) is 0. The van der Waals surface area contributed by atoms with E-state index in [0.29, 0.717) is 0 Å². The second kappa shape index (κ2) is 5.47. The molecule has 0 spiro atoms. The number of hydrogen-bond acceptors (Lipinski definition) is 3. The summed E-state index contributed by atoms with van der Waals surface area (Å²) in [5, 5.41) is 3.26. The number of hydrogen-bond donors (Lipinski definition) is 2. The van der Waals surface area contributed by atoms with Crippen LogP contribution in [0.5, 0.6) is 0 Å². The van der Waals surface area contributed by atoms with Crippen LogP contribution in [0.2, 0.25) is 0 Å². The van der Waals surface area contributed by atoms with Gasteiger partial charge in [0.05, 0.1) is 5.75 Å². The number of sulfonamides is 1. The van der Waals surface area contributed by atoms with E-state index >= 15 is 0 Å². The summed E-state index contributed by atoms with van der Waals surface area (Å²) in [5.41, 5.74) is -0.190. The van der Waals surface area contributed by atoms with Crippen molar-refractivity contribution in [2.24, 2.45) is 5.41 Å². The molecule has 0 aromatic carbocycles. The second-order valence-electron chi connectivity index (χ2n) is 5.83. The highest BCUT2D eigenvalue weighted by atomic mass is 32.2. The molecule has 1 saturated heterocycles. The van der Waals surface area contributed by atoms with Crippen LogP contribution < -0.4 is 10.0 Å². The van der Waals surface area contributed by atoms with Crippen molar-refractivity contribution < 1.29 is 8.42 Å². The van der Waals surface area contributed by atoms with E-state index < -0.39 is 10.0 Å². The van der Waals surface area contributed by atoms with E-state index in [-0.39, 0.29) is 17.2 Å². The Morgan fingerprint density at radius 2 is 2.00 bits per heavy atom. The van der Waals surface area contributed by atoms with Gasteiger partial charge < -0.3 is 5.32 Å². The van der Waals surface area contributed by atoms with Crippen LogP contribution >= 0.6 is 0 Å². The van der Waals surface area contributed by atoms with Crippen molar-refractivity contribution in [3.8, 4) is 0 Å². The van der Waals surface area contributed by atoms with Gasteiger partial charge in [-0.1, -0.05) is 27.2 Å². The van der Waals surface area contributed by atoms with Crippen LogP contribution in [0.3, 0.4) is 0 Å². The number of rotatable bonds is 3. The van der Waals surface area contributed by atoms with Crippen LogP contribution in [0.4, 0.5) is 0 Å². The first-order chi connectivity index (χ1) is 7.29. The molecule has 1 heterocycles. The second-order valence-corrected chi connectivity index (χ2v) is 7.59. The Bertz CT molecular complexity index is 298. The van der Waals surface area contributed by atoms with Gasteiger partial charge in [0.1, 0.15) is 0 Å². The lowest BCUT2D eigenvalue weighted by Gasteiger charge is -2.22. The zero-order valence-corrected chi connectivity index (χ0v) is 11.4. The first-order valence-electron chi connectivity index (χ1n) is 5.99. The molecular formula is C11H24N2O2S. The summed E-state index contributed by atoms with van der Waals surface area (Å²) >= 11 is 0. The Kier molecular flexibility index (Phi) is 4.76. The SMILES string of the molecule is CC(C)(C)CS(=O)(=O)NC1CCCCNC1. The topological polar surface area (TPSA) is 58.2 Å². The maximum atomic E-state index is 11.9. The van der Waals surface area contributed by atoms with Gasteiger partial charge in [0.25, 0.3) is 0 Å². The molecule has 4 nitrogen and oxygen atoms in total. The molecule has 16 heavy (non-hydrogen) atoms. The minimum absolute atomic E-state index is 0.0647. The van der Waals surface area contributed by atoms with Gasteiger partial charge in [-0.15, -0.1) is 0 Å². The third kappa shape index (κ3) is 5.82. The van der Waals surface area contributed by atoms with Gasteiger partial charge in [-0.25, -0.2) is 13.1 Å². The highest BCUT2D eigenvalue weighted by Gasteiger charge is 2.24. The van der Waals surface area contributed by atoms with E-state index in [0.717, 1.165) is 32.4 Å². The summed E-state index contributed by atoms with van der Waals surface area (Å²) in [6, 6.07) is 0.0647. The van der Waals surface area contributed by atoms with Crippen molar-refractivity contribution in [3.05, 3.63) is 0 Å². The quantitative estimate of drug-likeness (QED) is 0.786. The minimum Gasteiger partial charge on any atom is -0.315 e. The van der Waals surface area contributed by atoms with Gasteiger partial charge in [0.15, 0.2) is 0 Å². The van der Waals surface area contributed by atoms with Crippen molar-refractivity contribution in [1.82, 2.24) is 10.0 Å². The van der Waals surface area contributed by atoms with Gasteiger partial charge >= 0.3 is 0 Å². The average molecular weight is 248 g/mol. The minimum atomic E-state index is -3.15. The standard InChI is InChI=1S/C11H24N2O2S/c1-11(2,3)9-16(14,15)13-10-6-4-5-7-12-8-10/h10,12-13H,4-9H2,1-3H3. The Hall–Kier alpha value is -0.130. The monoisotopic (exact) mass is 248 g/mol. The predicted octanol–water partition coefficient (Wildman–Crippen LogP) is 1.09. The van der Waals surface area contributed by atoms with Gasteiger partial charge in [0.2, 0.25) is 10.0 Å². The predicted molar refractivity (Wildman–Crippen MR) is 66.9 cm³/mol. The zero-order chi connectivity index (χ0) is 12.2. The van der Waals surface area contributed by atoms with Crippen LogP contribution in [0.25, 0.3) is 0 Å². The molecule has 96 valence electrons. The first kappa shape index (κ1) is 13.9. The van der Waals surface area contributed by atoms with Gasteiger partial charge in [-0.2, -0.15) is 0 Å². The molecular weight excluding hydrogens is 224 g/mol. The number of nitrogens with one attached hydrogen (secondary N) is 2. The first-order valence-corrected chi connectivity index (χ1v) is 7.64.